The fraction of sp³-hybridized carbons (Fsp3) is 0.286. The molecule has 6 heteroatoms. The lowest BCUT2D eigenvalue weighted by Gasteiger charge is -2.36. The molecule has 4 rings (SSSR count). The van der Waals surface area contributed by atoms with Gasteiger partial charge in [-0.3, -0.25) is 4.90 Å². The number of piperazine rings is 1. The Morgan fingerprint density at radius 3 is 2.70 bits per heavy atom. The van der Waals surface area contributed by atoms with E-state index in [1.165, 1.54) is 11.1 Å². The maximum Gasteiger partial charge on any atom is 0.123 e. The van der Waals surface area contributed by atoms with Crippen LogP contribution in [0.15, 0.2) is 67.0 Å². The van der Waals surface area contributed by atoms with E-state index in [1.54, 1.807) is 7.11 Å². The molecular formula is C21H25ClN4O. The van der Waals surface area contributed by atoms with Crippen molar-refractivity contribution in [2.24, 2.45) is 0 Å². The van der Waals surface area contributed by atoms with E-state index < -0.39 is 0 Å². The Kier molecular flexibility index (Phi) is 6.50. The molecule has 1 saturated heterocycles. The maximum atomic E-state index is 5.59. The van der Waals surface area contributed by atoms with Gasteiger partial charge in [-0.25, -0.2) is 4.68 Å². The van der Waals surface area contributed by atoms with Crippen molar-refractivity contribution in [3.8, 4) is 11.4 Å². The van der Waals surface area contributed by atoms with Crippen molar-refractivity contribution < 1.29 is 4.74 Å². The summed E-state index contributed by atoms with van der Waals surface area (Å²) in [5, 5.41) is 8.05. The molecule has 0 amide bonds. The van der Waals surface area contributed by atoms with Crippen molar-refractivity contribution in [1.29, 1.82) is 0 Å². The first-order valence-corrected chi connectivity index (χ1v) is 9.02. The molecule has 2 aromatic carbocycles. The van der Waals surface area contributed by atoms with Gasteiger partial charge in [-0.2, -0.15) is 5.10 Å². The van der Waals surface area contributed by atoms with Gasteiger partial charge in [0.05, 0.1) is 25.0 Å². The Morgan fingerprint density at radius 2 is 1.89 bits per heavy atom. The van der Waals surface area contributed by atoms with Crippen LogP contribution in [-0.2, 0) is 6.54 Å². The van der Waals surface area contributed by atoms with Crippen LogP contribution in [0.5, 0.6) is 5.75 Å². The van der Waals surface area contributed by atoms with Crippen LogP contribution in [0.1, 0.15) is 17.2 Å². The van der Waals surface area contributed by atoms with Gasteiger partial charge < -0.3 is 10.1 Å². The Balaban J connectivity index is 0.00000210. The van der Waals surface area contributed by atoms with Crippen molar-refractivity contribution in [3.63, 3.8) is 0 Å². The van der Waals surface area contributed by atoms with E-state index in [4.69, 9.17) is 4.74 Å². The molecule has 0 bridgehead atoms. The average Bonchev–Trinajstić information content (AvgIpc) is 3.18. The third-order valence-electron chi connectivity index (χ3n) is 4.89. The quantitative estimate of drug-likeness (QED) is 0.731. The topological polar surface area (TPSA) is 42.3 Å². The summed E-state index contributed by atoms with van der Waals surface area (Å²) < 4.78 is 7.53. The van der Waals surface area contributed by atoms with Crippen LogP contribution < -0.4 is 10.1 Å². The Labute approximate surface area is 166 Å². The first-order chi connectivity index (χ1) is 12.8. The first-order valence-electron chi connectivity index (χ1n) is 9.02. The molecule has 0 saturated carbocycles. The summed E-state index contributed by atoms with van der Waals surface area (Å²) in [6.45, 7) is 3.79. The van der Waals surface area contributed by atoms with E-state index in [9.17, 15) is 0 Å². The zero-order valence-electron chi connectivity index (χ0n) is 15.4. The van der Waals surface area contributed by atoms with Gasteiger partial charge in [-0.05, 0) is 18.2 Å². The van der Waals surface area contributed by atoms with Gasteiger partial charge in [0.1, 0.15) is 5.75 Å². The molecule has 1 atom stereocenters. The molecule has 1 aromatic heterocycles. The molecule has 27 heavy (non-hydrogen) atoms. The lowest BCUT2D eigenvalue weighted by atomic mass is 10.0. The number of methoxy groups -OCH3 is 1. The predicted octanol–water partition coefficient (Wildman–Crippen LogP) is 3.45. The molecule has 1 N–H and O–H groups in total. The molecule has 5 nitrogen and oxygen atoms in total. The van der Waals surface area contributed by atoms with Crippen LogP contribution in [-0.4, -0.2) is 41.4 Å². The molecule has 1 fully saturated rings. The largest absolute Gasteiger partial charge is 0.496 e. The van der Waals surface area contributed by atoms with E-state index in [0.717, 1.165) is 37.6 Å². The maximum absolute atomic E-state index is 5.59. The van der Waals surface area contributed by atoms with Crippen LogP contribution in [0.3, 0.4) is 0 Å². The number of hydrogen-bond donors (Lipinski definition) is 1. The van der Waals surface area contributed by atoms with Crippen molar-refractivity contribution in [3.05, 3.63) is 78.1 Å². The van der Waals surface area contributed by atoms with Crippen LogP contribution in [0.25, 0.3) is 5.69 Å². The summed E-state index contributed by atoms with van der Waals surface area (Å²) >= 11 is 0. The van der Waals surface area contributed by atoms with Gasteiger partial charge in [0.2, 0.25) is 0 Å². The van der Waals surface area contributed by atoms with Gasteiger partial charge >= 0.3 is 0 Å². The van der Waals surface area contributed by atoms with Crippen LogP contribution in [0, 0.1) is 0 Å². The van der Waals surface area contributed by atoms with Crippen LogP contribution >= 0.6 is 12.4 Å². The minimum absolute atomic E-state index is 0. The fourth-order valence-corrected chi connectivity index (χ4v) is 3.58. The summed E-state index contributed by atoms with van der Waals surface area (Å²) in [5.41, 5.74) is 3.54. The highest BCUT2D eigenvalue weighted by Gasteiger charge is 2.26. The molecule has 0 radical (unpaired) electrons. The summed E-state index contributed by atoms with van der Waals surface area (Å²) in [5.74, 6) is 0.950. The summed E-state index contributed by atoms with van der Waals surface area (Å²) in [6, 6.07) is 18.8. The van der Waals surface area contributed by atoms with E-state index in [2.05, 4.69) is 45.8 Å². The van der Waals surface area contributed by atoms with Gasteiger partial charge in [0.25, 0.3) is 0 Å². The molecule has 0 spiro atoms. The summed E-state index contributed by atoms with van der Waals surface area (Å²) in [7, 11) is 1.74. The second-order valence-electron chi connectivity index (χ2n) is 6.56. The molecule has 142 valence electrons. The first kappa shape index (κ1) is 19.4. The normalized spacial score (nSPS) is 17.3. The monoisotopic (exact) mass is 384 g/mol. The number of aromatic nitrogens is 2. The highest BCUT2D eigenvalue weighted by Crippen LogP contribution is 2.31. The van der Waals surface area contributed by atoms with Crippen molar-refractivity contribution in [1.82, 2.24) is 20.0 Å². The number of hydrogen-bond acceptors (Lipinski definition) is 4. The molecule has 0 aliphatic carbocycles. The number of benzene rings is 2. The van der Waals surface area contributed by atoms with Gasteiger partial charge in [-0.15, -0.1) is 12.4 Å². The minimum atomic E-state index is 0. The van der Waals surface area contributed by atoms with E-state index >= 15 is 0 Å². The zero-order chi connectivity index (χ0) is 17.8. The van der Waals surface area contributed by atoms with Crippen LogP contribution in [0.2, 0.25) is 0 Å². The van der Waals surface area contributed by atoms with Crippen molar-refractivity contribution >= 4 is 12.4 Å². The minimum Gasteiger partial charge on any atom is -0.496 e. The smallest absolute Gasteiger partial charge is 0.123 e. The van der Waals surface area contributed by atoms with Gasteiger partial charge in [0, 0.05) is 43.5 Å². The Bertz CT molecular complexity index is 852. The second-order valence-corrected chi connectivity index (χ2v) is 6.56. The third-order valence-corrected chi connectivity index (χ3v) is 4.89. The van der Waals surface area contributed by atoms with Crippen molar-refractivity contribution in [2.75, 3.05) is 26.7 Å². The highest BCUT2D eigenvalue weighted by molar-refractivity contribution is 5.85. The standard InChI is InChI=1S/C21H24N4O.ClH/c1-26-21-10-6-5-9-19(21)20-14-22-11-12-24(20)15-17-13-23-25(16-17)18-7-3-2-4-8-18;/h2-10,13,16,20,22H,11-12,14-15H2,1H3;1H. The Morgan fingerprint density at radius 1 is 1.11 bits per heavy atom. The van der Waals surface area contributed by atoms with Gasteiger partial charge in [0.15, 0.2) is 0 Å². The molecular weight excluding hydrogens is 360 g/mol. The van der Waals surface area contributed by atoms with Gasteiger partial charge in [-0.1, -0.05) is 36.4 Å². The van der Waals surface area contributed by atoms with Crippen molar-refractivity contribution in [2.45, 2.75) is 12.6 Å². The van der Waals surface area contributed by atoms with E-state index in [1.807, 2.05) is 41.2 Å². The summed E-state index contributed by atoms with van der Waals surface area (Å²) in [6.07, 6.45) is 4.09. The average molecular weight is 385 g/mol. The Hall–Kier alpha value is -2.34. The number of halogens is 1. The SMILES string of the molecule is COc1ccccc1C1CNCCN1Cc1cnn(-c2ccccc2)c1.Cl. The molecule has 1 unspecified atom stereocenters. The van der Waals surface area contributed by atoms with Crippen LogP contribution in [0.4, 0.5) is 0 Å². The predicted molar refractivity (Wildman–Crippen MR) is 110 cm³/mol. The second kappa shape index (κ2) is 9.04. The number of nitrogens with one attached hydrogen (secondary N) is 1. The fourth-order valence-electron chi connectivity index (χ4n) is 3.58. The zero-order valence-corrected chi connectivity index (χ0v) is 16.2. The van der Waals surface area contributed by atoms with E-state index in [-0.39, 0.29) is 12.4 Å². The van der Waals surface area contributed by atoms with E-state index in [0.29, 0.717) is 6.04 Å². The lowest BCUT2D eigenvalue weighted by molar-refractivity contribution is 0.151. The molecule has 1 aliphatic heterocycles. The number of ether oxygens (including phenoxy) is 1. The third kappa shape index (κ3) is 4.33. The molecule has 3 aromatic rings. The highest BCUT2D eigenvalue weighted by atomic mass is 35.5. The number of rotatable bonds is 5. The summed E-state index contributed by atoms with van der Waals surface area (Å²) in [4.78, 5) is 2.50. The molecule has 1 aliphatic rings. The lowest BCUT2D eigenvalue weighted by Crippen LogP contribution is -2.45. The number of para-hydroxylation sites is 2. The molecule has 2 heterocycles. The number of nitrogens with zero attached hydrogens (tertiary/aromatic N) is 3.